The predicted molar refractivity (Wildman–Crippen MR) is 114 cm³/mol. The highest BCUT2D eigenvalue weighted by Crippen LogP contribution is 2.37. The molecule has 0 aliphatic carbocycles. The summed E-state index contributed by atoms with van der Waals surface area (Å²) in [7, 11) is 0. The summed E-state index contributed by atoms with van der Waals surface area (Å²) in [6, 6.07) is 5.75. The first-order valence-electron chi connectivity index (χ1n) is 9.88. The van der Waals surface area contributed by atoms with Crippen molar-refractivity contribution in [2.24, 2.45) is 5.73 Å². The number of primary amides is 1. The van der Waals surface area contributed by atoms with Gasteiger partial charge in [-0.15, -0.1) is 0 Å². The first kappa shape index (κ1) is 26.1. The number of halogens is 6. The molecule has 1 atom stereocenters. The van der Waals surface area contributed by atoms with E-state index in [0.717, 1.165) is 24.3 Å². The van der Waals surface area contributed by atoms with Crippen molar-refractivity contribution in [2.75, 3.05) is 0 Å². The van der Waals surface area contributed by atoms with E-state index < -0.39 is 52.7 Å². The van der Waals surface area contributed by atoms with E-state index in [4.69, 9.17) is 20.0 Å². The van der Waals surface area contributed by atoms with Gasteiger partial charge >= 0.3 is 12.1 Å². The first-order chi connectivity index (χ1) is 16.4. The number of nitrogens with two attached hydrogens (primary N) is 1. The minimum atomic E-state index is -4.53. The van der Waals surface area contributed by atoms with Gasteiger partial charge in [0, 0.05) is 12.0 Å². The highest BCUT2D eigenvalue weighted by molar-refractivity contribution is 9.10. The molecule has 1 heterocycles. The number of ether oxygens (including phenoxy) is 1. The van der Waals surface area contributed by atoms with Crippen LogP contribution in [0, 0.1) is 11.6 Å². The summed E-state index contributed by atoms with van der Waals surface area (Å²) in [5.74, 6) is -5.77. The number of aromatic nitrogens is 1. The summed E-state index contributed by atoms with van der Waals surface area (Å²) < 4.78 is 78.1. The molecule has 35 heavy (non-hydrogen) atoms. The number of rotatable bonds is 9. The Bertz CT molecular complexity index is 1240. The topological polar surface area (TPSA) is 116 Å². The molecule has 13 heteroatoms. The van der Waals surface area contributed by atoms with E-state index >= 15 is 0 Å². The summed E-state index contributed by atoms with van der Waals surface area (Å²) in [5.41, 5.74) is 3.49. The lowest BCUT2D eigenvalue weighted by Crippen LogP contribution is -2.17. The zero-order valence-electron chi connectivity index (χ0n) is 17.5. The lowest BCUT2D eigenvalue weighted by Gasteiger charge is -2.17. The third kappa shape index (κ3) is 6.15. The molecule has 1 unspecified atom stereocenters. The molecule has 7 nitrogen and oxygen atoms in total. The van der Waals surface area contributed by atoms with Gasteiger partial charge in [0.05, 0.1) is 5.56 Å². The summed E-state index contributed by atoms with van der Waals surface area (Å²) in [6.45, 7) is 0. The van der Waals surface area contributed by atoms with E-state index in [0.29, 0.717) is 0 Å². The van der Waals surface area contributed by atoms with Gasteiger partial charge in [0.1, 0.15) is 17.1 Å². The zero-order valence-corrected chi connectivity index (χ0v) is 19.1. The molecular formula is C22H16BrF5N2O5. The Morgan fingerprint density at radius 2 is 1.80 bits per heavy atom. The van der Waals surface area contributed by atoms with Gasteiger partial charge in [-0.05, 0) is 53.0 Å². The largest absolute Gasteiger partial charge is 0.481 e. The van der Waals surface area contributed by atoms with Crippen molar-refractivity contribution in [3.8, 4) is 17.0 Å². The van der Waals surface area contributed by atoms with Gasteiger partial charge in [0.25, 0.3) is 5.91 Å². The van der Waals surface area contributed by atoms with Gasteiger partial charge in [-0.2, -0.15) is 13.2 Å². The number of carboxylic acids is 1. The minimum Gasteiger partial charge on any atom is -0.481 e. The fourth-order valence-corrected chi connectivity index (χ4v) is 3.61. The molecule has 3 rings (SSSR count). The fraction of sp³-hybridized carbons (Fsp3) is 0.227. The number of oxazole rings is 1. The van der Waals surface area contributed by atoms with Crippen molar-refractivity contribution in [1.82, 2.24) is 4.98 Å². The maximum Gasteiger partial charge on any atom is 0.416 e. The number of hydrogen-bond donors (Lipinski definition) is 2. The Kier molecular flexibility index (Phi) is 7.78. The number of hydrogen-bond acceptors (Lipinski definition) is 5. The van der Waals surface area contributed by atoms with Crippen molar-refractivity contribution in [2.45, 2.75) is 31.5 Å². The van der Waals surface area contributed by atoms with Crippen molar-refractivity contribution in [3.05, 3.63) is 69.7 Å². The summed E-state index contributed by atoms with van der Waals surface area (Å²) >= 11 is 3.13. The molecule has 1 amide bonds. The number of carbonyl (C=O) groups is 2. The lowest BCUT2D eigenvalue weighted by atomic mass is 10.1. The van der Waals surface area contributed by atoms with Crippen LogP contribution in [0.5, 0.6) is 5.75 Å². The normalized spacial score (nSPS) is 12.4. The van der Waals surface area contributed by atoms with Crippen LogP contribution in [0.15, 0.2) is 45.5 Å². The van der Waals surface area contributed by atoms with Gasteiger partial charge in [-0.25, -0.2) is 13.8 Å². The van der Waals surface area contributed by atoms with Gasteiger partial charge < -0.3 is 20.0 Å². The van der Waals surface area contributed by atoms with E-state index in [1.165, 1.54) is 12.1 Å². The molecule has 1 aromatic heterocycles. The number of carbonyl (C=O) groups excluding carboxylic acids is 1. The van der Waals surface area contributed by atoms with Crippen LogP contribution in [0.1, 0.15) is 47.2 Å². The van der Waals surface area contributed by atoms with E-state index in [2.05, 4.69) is 20.9 Å². The maximum atomic E-state index is 14.7. The number of nitrogens with zero attached hydrogens (tertiary/aromatic N) is 1. The maximum absolute atomic E-state index is 14.7. The second-order valence-electron chi connectivity index (χ2n) is 7.24. The second-order valence-corrected chi connectivity index (χ2v) is 7.96. The molecule has 0 saturated carbocycles. The van der Waals surface area contributed by atoms with E-state index in [-0.39, 0.29) is 41.1 Å². The van der Waals surface area contributed by atoms with Gasteiger partial charge in [0.2, 0.25) is 5.89 Å². The Labute approximate surface area is 202 Å². The molecule has 0 aliphatic rings. The predicted octanol–water partition coefficient (Wildman–Crippen LogP) is 5.88. The van der Waals surface area contributed by atoms with Crippen LogP contribution < -0.4 is 10.5 Å². The molecule has 2 aromatic carbocycles. The van der Waals surface area contributed by atoms with Crippen LogP contribution in [0.25, 0.3) is 11.3 Å². The van der Waals surface area contributed by atoms with Gasteiger partial charge in [-0.1, -0.05) is 12.1 Å². The van der Waals surface area contributed by atoms with Crippen molar-refractivity contribution >= 4 is 27.8 Å². The Morgan fingerprint density at radius 3 is 2.37 bits per heavy atom. The SMILES string of the molecule is NC(=O)c1c(F)ccc(OC(CCCC(=O)O)c2nc(-c3ccc(C(F)(F)F)cc3)c(Br)o2)c1F. The fourth-order valence-electron chi connectivity index (χ4n) is 3.12. The van der Waals surface area contributed by atoms with Crippen molar-refractivity contribution < 1.29 is 45.8 Å². The number of alkyl halides is 3. The van der Waals surface area contributed by atoms with Crippen molar-refractivity contribution in [1.29, 1.82) is 0 Å². The average Bonchev–Trinajstić information content (AvgIpc) is 3.15. The Morgan fingerprint density at radius 1 is 1.14 bits per heavy atom. The Balaban J connectivity index is 1.96. The average molecular weight is 563 g/mol. The summed E-state index contributed by atoms with van der Waals surface area (Å²) in [4.78, 5) is 26.5. The van der Waals surface area contributed by atoms with Crippen LogP contribution >= 0.6 is 15.9 Å². The van der Waals surface area contributed by atoms with Crippen LogP contribution in [0.2, 0.25) is 0 Å². The van der Waals surface area contributed by atoms with Crippen LogP contribution in [-0.2, 0) is 11.0 Å². The molecule has 0 aliphatic heterocycles. The highest BCUT2D eigenvalue weighted by Gasteiger charge is 2.31. The molecule has 0 spiro atoms. The van der Waals surface area contributed by atoms with Crippen LogP contribution in [0.3, 0.4) is 0 Å². The van der Waals surface area contributed by atoms with Crippen LogP contribution in [-0.4, -0.2) is 22.0 Å². The summed E-state index contributed by atoms with van der Waals surface area (Å²) in [5, 5.41) is 8.91. The molecule has 0 fully saturated rings. The van der Waals surface area contributed by atoms with E-state index in [1.807, 2.05) is 0 Å². The molecular weight excluding hydrogens is 547 g/mol. The minimum absolute atomic E-state index is 0.0245. The molecule has 0 radical (unpaired) electrons. The smallest absolute Gasteiger partial charge is 0.416 e. The van der Waals surface area contributed by atoms with Crippen molar-refractivity contribution in [3.63, 3.8) is 0 Å². The number of benzene rings is 2. The Hall–Kier alpha value is -3.48. The van der Waals surface area contributed by atoms with Gasteiger partial charge in [-0.3, -0.25) is 9.59 Å². The van der Waals surface area contributed by atoms with Crippen LogP contribution in [0.4, 0.5) is 22.0 Å². The third-order valence-electron chi connectivity index (χ3n) is 4.79. The number of amides is 1. The monoisotopic (exact) mass is 562 g/mol. The number of aliphatic carboxylic acids is 1. The van der Waals surface area contributed by atoms with E-state index in [9.17, 15) is 31.5 Å². The highest BCUT2D eigenvalue weighted by atomic mass is 79.9. The quantitative estimate of drug-likeness (QED) is 0.315. The molecule has 3 N–H and O–H groups in total. The molecule has 3 aromatic rings. The molecule has 186 valence electrons. The molecule has 0 saturated heterocycles. The first-order valence-corrected chi connectivity index (χ1v) is 10.7. The molecule has 0 bridgehead atoms. The zero-order chi connectivity index (χ0) is 25.9. The third-order valence-corrected chi connectivity index (χ3v) is 5.33. The lowest BCUT2D eigenvalue weighted by molar-refractivity contribution is -0.138. The summed E-state index contributed by atoms with van der Waals surface area (Å²) in [6.07, 6.45) is -6.01. The van der Waals surface area contributed by atoms with Gasteiger partial charge in [0.15, 0.2) is 22.3 Å². The van der Waals surface area contributed by atoms with E-state index in [1.54, 1.807) is 0 Å². The number of carboxylic acid groups (broad SMARTS) is 1. The standard InChI is InChI=1S/C22H16BrF5N2O5/c23-19-18(10-4-6-11(7-5-10)22(26,27)28)30-21(35-19)14(2-1-3-15(31)32)34-13-9-8-12(24)16(17(13)25)20(29)33/h4-9,14H,1-3H2,(H2,29,33)(H,31,32). The second kappa shape index (κ2) is 10.4.